The van der Waals surface area contributed by atoms with Crippen LogP contribution in [0, 0.1) is 11.6 Å². The Morgan fingerprint density at radius 2 is 1.95 bits per heavy atom. The average Bonchev–Trinajstić information content (AvgIpc) is 3.66. The lowest BCUT2D eigenvalue weighted by Crippen LogP contribution is -2.43. The third-order valence-corrected chi connectivity index (χ3v) is 7.63. The molecule has 0 aliphatic carbocycles. The molecule has 0 spiro atoms. The van der Waals surface area contributed by atoms with Crippen LogP contribution in [0.4, 0.5) is 29.2 Å². The highest BCUT2D eigenvalue weighted by Crippen LogP contribution is 2.33. The summed E-state index contributed by atoms with van der Waals surface area (Å²) in [6.07, 6.45) is -1.23. The number of halogens is 2. The predicted molar refractivity (Wildman–Crippen MR) is 152 cm³/mol. The van der Waals surface area contributed by atoms with Crippen LogP contribution in [0.15, 0.2) is 23.7 Å². The van der Waals surface area contributed by atoms with Crippen molar-refractivity contribution >= 4 is 45.8 Å². The highest BCUT2D eigenvalue weighted by Gasteiger charge is 2.40. The van der Waals surface area contributed by atoms with Gasteiger partial charge in [0, 0.05) is 18.7 Å². The summed E-state index contributed by atoms with van der Waals surface area (Å²) in [6, 6.07) is 2.14. The maximum atomic E-state index is 15.4. The predicted octanol–water partition coefficient (Wildman–Crippen LogP) is 4.35. The first-order valence-corrected chi connectivity index (χ1v) is 14.6. The fourth-order valence-corrected chi connectivity index (χ4v) is 5.55. The molecule has 3 aliphatic heterocycles. The molecule has 2 atom stereocenters. The summed E-state index contributed by atoms with van der Waals surface area (Å²) in [7, 11) is 0. The molecule has 43 heavy (non-hydrogen) atoms. The highest BCUT2D eigenvalue weighted by atomic mass is 32.1. The second kappa shape index (κ2) is 11.8. The van der Waals surface area contributed by atoms with Crippen LogP contribution in [0.25, 0.3) is 5.57 Å². The molecule has 0 N–H and O–H groups in total. The lowest BCUT2D eigenvalue weighted by atomic mass is 9.97. The molecule has 0 unspecified atom stereocenters. The molecule has 2 aromatic rings. The molecule has 2 fully saturated rings. The molecule has 4 heterocycles. The minimum Gasteiger partial charge on any atom is -0.443 e. The molecule has 3 aliphatic rings. The zero-order valence-electron chi connectivity index (χ0n) is 24.5. The fourth-order valence-electron chi connectivity index (χ4n) is 4.99. The van der Waals surface area contributed by atoms with E-state index in [1.165, 1.54) is 10.4 Å². The number of carbonyl (C=O) groups excluding carboxylic acids is 3. The van der Waals surface area contributed by atoms with Crippen LogP contribution in [0.1, 0.15) is 46.6 Å². The number of ether oxygens (including phenoxy) is 4. The van der Waals surface area contributed by atoms with Crippen LogP contribution in [-0.4, -0.2) is 89.6 Å². The Hall–Kier alpha value is -3.69. The second-order valence-corrected chi connectivity index (χ2v) is 12.6. The van der Waals surface area contributed by atoms with E-state index in [1.807, 2.05) is 0 Å². The van der Waals surface area contributed by atoms with Crippen LogP contribution >= 0.6 is 11.3 Å². The Bertz CT molecular complexity index is 1410. The van der Waals surface area contributed by atoms with Gasteiger partial charge in [0.15, 0.2) is 11.9 Å². The van der Waals surface area contributed by atoms with E-state index in [2.05, 4.69) is 10.2 Å². The number of hydrogen-bond acceptors (Lipinski definition) is 10. The Morgan fingerprint density at radius 3 is 2.51 bits per heavy atom. The molecular formula is C28H33F2N5O7S. The van der Waals surface area contributed by atoms with Crippen molar-refractivity contribution in [3.05, 3.63) is 40.9 Å². The normalized spacial score (nSPS) is 21.9. The van der Waals surface area contributed by atoms with E-state index in [0.29, 0.717) is 5.57 Å². The number of anilines is 2. The van der Waals surface area contributed by atoms with Gasteiger partial charge in [0.25, 0.3) is 5.91 Å². The van der Waals surface area contributed by atoms with Crippen LogP contribution in [-0.2, 0) is 23.7 Å². The van der Waals surface area contributed by atoms with Gasteiger partial charge in [-0.2, -0.15) is 0 Å². The topological polar surface area (TPSA) is 124 Å². The summed E-state index contributed by atoms with van der Waals surface area (Å²) < 4.78 is 52.7. The minimum absolute atomic E-state index is 0.0276. The number of amides is 3. The molecule has 12 nitrogen and oxygen atoms in total. The summed E-state index contributed by atoms with van der Waals surface area (Å²) in [4.78, 5) is 42.3. The van der Waals surface area contributed by atoms with Crippen molar-refractivity contribution in [2.45, 2.75) is 64.6 Å². The Kier molecular flexibility index (Phi) is 8.42. The zero-order chi connectivity index (χ0) is 31.1. The first-order valence-electron chi connectivity index (χ1n) is 13.7. The molecule has 2 saturated heterocycles. The first kappa shape index (κ1) is 30.8. The van der Waals surface area contributed by atoms with Crippen molar-refractivity contribution in [2.75, 3.05) is 42.6 Å². The zero-order valence-corrected chi connectivity index (χ0v) is 25.3. The van der Waals surface area contributed by atoms with E-state index >= 15 is 8.78 Å². The third-order valence-electron chi connectivity index (χ3n) is 6.92. The summed E-state index contributed by atoms with van der Waals surface area (Å²) >= 11 is 1.10. The van der Waals surface area contributed by atoms with Crippen molar-refractivity contribution in [3.63, 3.8) is 0 Å². The van der Waals surface area contributed by atoms with Crippen LogP contribution in [0.2, 0.25) is 0 Å². The molecular weight excluding hydrogens is 588 g/mol. The van der Waals surface area contributed by atoms with E-state index < -0.39 is 47.4 Å². The van der Waals surface area contributed by atoms with E-state index in [9.17, 15) is 14.4 Å². The van der Waals surface area contributed by atoms with Crippen molar-refractivity contribution in [1.82, 2.24) is 15.1 Å². The van der Waals surface area contributed by atoms with Gasteiger partial charge in [-0.25, -0.2) is 23.3 Å². The molecule has 0 radical (unpaired) electrons. The minimum atomic E-state index is -0.851. The van der Waals surface area contributed by atoms with E-state index in [4.69, 9.17) is 18.9 Å². The van der Waals surface area contributed by atoms with Gasteiger partial charge in [-0.1, -0.05) is 17.4 Å². The molecule has 232 valence electrons. The number of rotatable bonds is 6. The number of benzene rings is 1. The summed E-state index contributed by atoms with van der Waals surface area (Å²) in [5, 5.41) is 7.93. The molecule has 1 aromatic heterocycles. The lowest BCUT2D eigenvalue weighted by molar-refractivity contribution is -0.159. The summed E-state index contributed by atoms with van der Waals surface area (Å²) in [6.45, 7) is 8.99. The van der Waals surface area contributed by atoms with Gasteiger partial charge >= 0.3 is 12.2 Å². The molecule has 0 bridgehead atoms. The molecule has 0 saturated carbocycles. The lowest BCUT2D eigenvalue weighted by Gasteiger charge is -2.29. The number of aromatic nitrogens is 2. The number of carbonyl (C=O) groups is 3. The van der Waals surface area contributed by atoms with E-state index in [-0.39, 0.29) is 61.5 Å². The van der Waals surface area contributed by atoms with Gasteiger partial charge in [0.1, 0.15) is 28.8 Å². The molecule has 5 rings (SSSR count). The largest absolute Gasteiger partial charge is 0.443 e. The van der Waals surface area contributed by atoms with Crippen molar-refractivity contribution in [3.8, 4) is 0 Å². The Labute approximate surface area is 251 Å². The van der Waals surface area contributed by atoms with E-state index in [0.717, 1.165) is 28.4 Å². The number of cyclic esters (lactones) is 1. The molecule has 15 heteroatoms. The van der Waals surface area contributed by atoms with Crippen LogP contribution < -0.4 is 9.80 Å². The maximum absolute atomic E-state index is 15.4. The van der Waals surface area contributed by atoms with Gasteiger partial charge in [0.2, 0.25) is 5.13 Å². The van der Waals surface area contributed by atoms with Crippen molar-refractivity contribution < 1.29 is 42.1 Å². The first-order chi connectivity index (χ1) is 20.2. The Balaban J connectivity index is 1.26. The van der Waals surface area contributed by atoms with Crippen LogP contribution in [0.5, 0.6) is 0 Å². The van der Waals surface area contributed by atoms with Crippen LogP contribution in [0.3, 0.4) is 0 Å². The monoisotopic (exact) mass is 621 g/mol. The number of nitrogens with zero attached hydrogens (tertiary/aromatic N) is 5. The van der Waals surface area contributed by atoms with Gasteiger partial charge < -0.3 is 23.8 Å². The standard InChI is InChI=1S/C28H33F2N5O7S/c1-27(2,3)42-26(38)35(24-32-31-15-43-24)13-18-12-34(25(37)40-18)17-10-19(29)22(20(30)11-17)16-6-8-33(9-7-16)23(36)21-14-39-28(4,5)41-21/h6,10-11,15,18,21H,7-9,12-14H2,1-5H3/t18-,21+/m1/s1. The second-order valence-electron chi connectivity index (χ2n) is 11.8. The smallest absolute Gasteiger partial charge is 0.416 e. The highest BCUT2D eigenvalue weighted by molar-refractivity contribution is 7.13. The Morgan fingerprint density at radius 1 is 1.23 bits per heavy atom. The van der Waals surface area contributed by atoms with Gasteiger partial charge in [-0.3, -0.25) is 9.69 Å². The van der Waals surface area contributed by atoms with Crippen molar-refractivity contribution in [2.24, 2.45) is 0 Å². The maximum Gasteiger partial charge on any atom is 0.416 e. The van der Waals surface area contributed by atoms with E-state index in [1.54, 1.807) is 45.6 Å². The van der Waals surface area contributed by atoms with Gasteiger partial charge in [-0.05, 0) is 58.7 Å². The average molecular weight is 622 g/mol. The summed E-state index contributed by atoms with van der Waals surface area (Å²) in [5.41, 5.74) is 0.840. The SMILES string of the molecule is CC(C)(C)OC(=O)N(C[C@H]1CN(c2cc(F)c(C3=CCN(C(=O)[C@@H]4COC(C)(C)O4)CC3)c(F)c2)C(=O)O1)c1nncs1. The fraction of sp³-hybridized carbons (Fsp3) is 0.536. The third kappa shape index (κ3) is 6.94. The molecule has 3 amide bonds. The quantitative estimate of drug-likeness (QED) is 0.463. The molecule has 1 aromatic carbocycles. The summed E-state index contributed by atoms with van der Waals surface area (Å²) in [5.74, 6) is -2.79. The number of hydrogen-bond donors (Lipinski definition) is 0. The van der Waals surface area contributed by atoms with Gasteiger partial charge in [0.05, 0.1) is 25.4 Å². The van der Waals surface area contributed by atoms with Gasteiger partial charge in [-0.15, -0.1) is 10.2 Å². The van der Waals surface area contributed by atoms with Crippen molar-refractivity contribution in [1.29, 1.82) is 0 Å².